The van der Waals surface area contributed by atoms with Gasteiger partial charge in [-0.3, -0.25) is 4.57 Å². The number of carbonyl (C=O) groups is 1. The van der Waals surface area contributed by atoms with Crippen molar-refractivity contribution in [2.24, 2.45) is 0 Å². The van der Waals surface area contributed by atoms with Crippen LogP contribution in [0.25, 0.3) is 11.2 Å². The molecule has 11 heteroatoms. The number of fused-ring (bicyclic) bond motifs is 1. The number of carbonyl (C=O) groups excluding carboxylic acids is 1. The number of ether oxygens (including phenoxy) is 1. The molecule has 2 N–H and O–H groups in total. The molecule has 0 radical (unpaired) electrons. The monoisotopic (exact) mass is 517 g/mol. The Kier molecular flexibility index (Phi) is 7.01. The van der Waals surface area contributed by atoms with Crippen LogP contribution in [0, 0.1) is 5.82 Å². The molecule has 1 fully saturated rings. The first kappa shape index (κ1) is 25.9. The number of nitrogens with zero attached hydrogens (tertiary/aromatic N) is 5. The van der Waals surface area contributed by atoms with Crippen molar-refractivity contribution in [3.63, 3.8) is 0 Å². The van der Waals surface area contributed by atoms with Crippen LogP contribution in [-0.4, -0.2) is 54.7 Å². The number of piperidine rings is 1. The molecule has 3 heterocycles. The number of hydrogen-bond acceptors (Lipinski definition) is 7. The summed E-state index contributed by atoms with van der Waals surface area (Å²) in [4.78, 5) is 28.1. The minimum absolute atomic E-state index is 0.0183. The van der Waals surface area contributed by atoms with Crippen molar-refractivity contribution in [2.45, 2.75) is 71.6 Å². The molecule has 36 heavy (non-hydrogen) atoms. The molecule has 0 unspecified atom stereocenters. The van der Waals surface area contributed by atoms with Gasteiger partial charge in [0.25, 0.3) is 0 Å². The zero-order valence-electron chi connectivity index (χ0n) is 21.5. The number of hydrogen-bond donors (Lipinski definition) is 2. The largest absolute Gasteiger partial charge is 0.444 e. The zero-order valence-corrected chi connectivity index (χ0v) is 22.3. The number of aromatic nitrogens is 4. The molecule has 1 saturated heterocycles. The summed E-state index contributed by atoms with van der Waals surface area (Å²) in [6.45, 7) is 12.7. The quantitative estimate of drug-likeness (QED) is 0.428. The van der Waals surface area contributed by atoms with Gasteiger partial charge in [-0.1, -0.05) is 17.7 Å². The van der Waals surface area contributed by atoms with Crippen molar-refractivity contribution in [1.29, 1.82) is 0 Å². The summed E-state index contributed by atoms with van der Waals surface area (Å²) < 4.78 is 22.2. The van der Waals surface area contributed by atoms with E-state index in [-0.39, 0.29) is 28.4 Å². The normalized spacial score (nSPS) is 15.3. The molecule has 1 aromatic carbocycles. The van der Waals surface area contributed by atoms with E-state index in [1.165, 1.54) is 6.07 Å². The van der Waals surface area contributed by atoms with E-state index in [1.807, 2.05) is 46.1 Å². The lowest BCUT2D eigenvalue weighted by molar-refractivity contribution is 0.0190. The van der Waals surface area contributed by atoms with Gasteiger partial charge >= 0.3 is 6.09 Å². The minimum atomic E-state index is -0.557. The highest BCUT2D eigenvalue weighted by Gasteiger charge is 2.30. The molecule has 2 aromatic heterocycles. The predicted octanol–water partition coefficient (Wildman–Crippen LogP) is 6.14. The van der Waals surface area contributed by atoms with Gasteiger partial charge in [0.15, 0.2) is 11.5 Å². The van der Waals surface area contributed by atoms with Crippen LogP contribution in [0.1, 0.15) is 60.4 Å². The minimum Gasteiger partial charge on any atom is -0.444 e. The number of anilines is 3. The molecule has 1 amide bonds. The van der Waals surface area contributed by atoms with E-state index in [9.17, 15) is 9.18 Å². The average Bonchev–Trinajstić information content (AvgIpc) is 3.12. The van der Waals surface area contributed by atoms with Crippen molar-refractivity contribution in [3.8, 4) is 0 Å². The standard InChI is InChI=1S/C25H33ClFN7O2/c1-24(2,3)32-21-28-14-18-20(31-21)34(22(30-18)29-17-9-7-8-16(26)19(17)27)15-10-12-33(13-11-15)23(35)36-25(4,5)6/h7-9,14-15H,10-13H2,1-6H3,(H,29,30)(H,28,31,32). The topological polar surface area (TPSA) is 97.2 Å². The Bertz CT molecular complexity index is 1260. The second-order valence-electron chi connectivity index (χ2n) is 11.0. The molecule has 194 valence electrons. The highest BCUT2D eigenvalue weighted by Crippen LogP contribution is 2.33. The fraction of sp³-hybridized carbons (Fsp3) is 0.520. The second-order valence-corrected chi connectivity index (χ2v) is 11.4. The first-order chi connectivity index (χ1) is 16.8. The third kappa shape index (κ3) is 5.98. The van der Waals surface area contributed by atoms with Crippen molar-refractivity contribution in [2.75, 3.05) is 23.7 Å². The van der Waals surface area contributed by atoms with Crippen molar-refractivity contribution in [3.05, 3.63) is 35.2 Å². The summed E-state index contributed by atoms with van der Waals surface area (Å²) in [6, 6.07) is 4.74. The Morgan fingerprint density at radius 2 is 1.83 bits per heavy atom. The van der Waals surface area contributed by atoms with Gasteiger partial charge < -0.3 is 20.3 Å². The molecule has 1 aliphatic heterocycles. The number of imidazole rings is 1. The van der Waals surface area contributed by atoms with Crippen LogP contribution in [0.3, 0.4) is 0 Å². The van der Waals surface area contributed by atoms with Crippen LogP contribution in [-0.2, 0) is 4.74 Å². The van der Waals surface area contributed by atoms with Crippen molar-refractivity contribution < 1.29 is 13.9 Å². The maximum Gasteiger partial charge on any atom is 0.410 e. The number of amides is 1. The number of rotatable bonds is 4. The molecule has 9 nitrogen and oxygen atoms in total. The van der Waals surface area contributed by atoms with Gasteiger partial charge in [-0.25, -0.2) is 19.2 Å². The fourth-order valence-corrected chi connectivity index (χ4v) is 4.25. The highest BCUT2D eigenvalue weighted by atomic mass is 35.5. The molecule has 0 bridgehead atoms. The van der Waals surface area contributed by atoms with Gasteiger partial charge in [0.05, 0.1) is 16.9 Å². The Morgan fingerprint density at radius 3 is 2.47 bits per heavy atom. The number of nitrogens with one attached hydrogen (secondary N) is 2. The lowest BCUT2D eigenvalue weighted by Crippen LogP contribution is -2.42. The van der Waals surface area contributed by atoms with Crippen LogP contribution < -0.4 is 10.6 Å². The molecule has 4 rings (SSSR count). The molecule has 3 aromatic rings. The van der Waals surface area contributed by atoms with Crippen LogP contribution in [0.2, 0.25) is 5.02 Å². The second kappa shape index (κ2) is 9.72. The molecule has 0 aliphatic carbocycles. The first-order valence-electron chi connectivity index (χ1n) is 12.0. The van der Waals surface area contributed by atoms with Crippen LogP contribution in [0.5, 0.6) is 0 Å². The first-order valence-corrected chi connectivity index (χ1v) is 12.4. The van der Waals surface area contributed by atoms with Gasteiger partial charge in [-0.15, -0.1) is 0 Å². The smallest absolute Gasteiger partial charge is 0.410 e. The van der Waals surface area contributed by atoms with E-state index in [0.717, 1.165) is 0 Å². The van der Waals surface area contributed by atoms with Crippen molar-refractivity contribution >= 4 is 46.4 Å². The van der Waals surface area contributed by atoms with Gasteiger partial charge in [0, 0.05) is 24.7 Å². The summed E-state index contributed by atoms with van der Waals surface area (Å²) in [5, 5.41) is 6.41. The third-order valence-electron chi connectivity index (χ3n) is 5.60. The molecular formula is C25H33ClFN7O2. The van der Waals surface area contributed by atoms with E-state index in [4.69, 9.17) is 21.3 Å². The number of benzene rings is 1. The summed E-state index contributed by atoms with van der Waals surface area (Å²) in [7, 11) is 0. The number of halogens is 2. The SMILES string of the molecule is CC(C)(C)Nc1ncc2nc(Nc3cccc(Cl)c3F)n(C3CCN(C(=O)OC(C)(C)C)CC3)c2n1. The Balaban J connectivity index is 1.68. The lowest BCUT2D eigenvalue weighted by atomic mass is 10.1. The van der Waals surface area contributed by atoms with E-state index >= 15 is 0 Å². The molecule has 1 aliphatic rings. The molecular weight excluding hydrogens is 485 g/mol. The molecule has 0 spiro atoms. The van der Waals surface area contributed by atoms with Gasteiger partial charge in [-0.05, 0) is 66.5 Å². The summed E-state index contributed by atoms with van der Waals surface area (Å²) in [5.41, 5.74) is 0.625. The number of likely N-dealkylation sites (tertiary alicyclic amines) is 1. The molecule has 0 saturated carbocycles. The Labute approximate surface area is 215 Å². The summed E-state index contributed by atoms with van der Waals surface area (Å²) >= 11 is 6.00. The van der Waals surface area contributed by atoms with E-state index < -0.39 is 11.4 Å². The fourth-order valence-electron chi connectivity index (χ4n) is 4.07. The van der Waals surface area contributed by atoms with Crippen molar-refractivity contribution in [1.82, 2.24) is 24.4 Å². The van der Waals surface area contributed by atoms with Crippen LogP contribution in [0.15, 0.2) is 24.4 Å². The van der Waals surface area contributed by atoms with Crippen LogP contribution in [0.4, 0.5) is 26.8 Å². The average molecular weight is 518 g/mol. The molecule has 0 atom stereocenters. The van der Waals surface area contributed by atoms with E-state index in [0.29, 0.717) is 49.0 Å². The maximum atomic E-state index is 14.7. The lowest BCUT2D eigenvalue weighted by Gasteiger charge is -2.34. The van der Waals surface area contributed by atoms with Gasteiger partial charge in [-0.2, -0.15) is 4.98 Å². The van der Waals surface area contributed by atoms with E-state index in [2.05, 4.69) is 20.6 Å². The third-order valence-corrected chi connectivity index (χ3v) is 5.89. The van der Waals surface area contributed by atoms with Crippen LogP contribution >= 0.6 is 11.6 Å². The predicted molar refractivity (Wildman–Crippen MR) is 139 cm³/mol. The Morgan fingerprint density at radius 1 is 1.14 bits per heavy atom. The zero-order chi connectivity index (χ0) is 26.3. The summed E-state index contributed by atoms with van der Waals surface area (Å²) in [5.74, 6) is 0.352. The van der Waals surface area contributed by atoms with E-state index in [1.54, 1.807) is 23.2 Å². The summed E-state index contributed by atoms with van der Waals surface area (Å²) in [6.07, 6.45) is 2.64. The Hall–Kier alpha value is -3.14. The van der Waals surface area contributed by atoms with Gasteiger partial charge in [0.1, 0.15) is 11.1 Å². The highest BCUT2D eigenvalue weighted by molar-refractivity contribution is 6.31. The van der Waals surface area contributed by atoms with Gasteiger partial charge in [0.2, 0.25) is 11.9 Å². The maximum absolute atomic E-state index is 14.7.